The van der Waals surface area contributed by atoms with E-state index < -0.39 is 0 Å². The van der Waals surface area contributed by atoms with Gasteiger partial charge in [0.25, 0.3) is 0 Å². The average Bonchev–Trinajstić information content (AvgIpc) is 3.45. The Bertz CT molecular complexity index is 2210. The van der Waals surface area contributed by atoms with Crippen molar-refractivity contribution in [2.45, 2.75) is 76.2 Å². The van der Waals surface area contributed by atoms with Crippen LogP contribution in [0.15, 0.2) is 198 Å². The van der Waals surface area contributed by atoms with E-state index in [1.54, 1.807) is 112 Å². The third-order valence-electron chi connectivity index (χ3n) is 7.68. The first kappa shape index (κ1) is 64.8. The van der Waals surface area contributed by atoms with Crippen molar-refractivity contribution in [3.8, 4) is 0 Å². The molecule has 0 saturated heterocycles. The molecule has 23 heteroatoms. The summed E-state index contributed by atoms with van der Waals surface area (Å²) in [6.07, 6.45) is 36.5. The van der Waals surface area contributed by atoms with Gasteiger partial charge in [0.05, 0.1) is 35.7 Å². The molecule has 0 atom stereocenters. The minimum Gasteiger partial charge on any atom is -0.264 e. The molecular formula is C54H65N23. The van der Waals surface area contributed by atoms with Crippen LogP contribution in [0, 0.1) is 76.2 Å². The molecule has 11 aromatic heterocycles. The summed E-state index contributed by atoms with van der Waals surface area (Å²) < 4.78 is 0. The molecule has 0 aliphatic rings. The van der Waals surface area contributed by atoms with Crippen molar-refractivity contribution in [3.63, 3.8) is 0 Å². The molecule has 396 valence electrons. The number of nitrogens with zero attached hydrogens (tertiary/aromatic N) is 23. The summed E-state index contributed by atoms with van der Waals surface area (Å²) >= 11 is 0. The molecule has 0 unspecified atom stereocenters. The van der Waals surface area contributed by atoms with Crippen molar-refractivity contribution in [2.24, 2.45) is 0 Å². The number of aromatic nitrogens is 23. The molecule has 0 fully saturated rings. The summed E-state index contributed by atoms with van der Waals surface area (Å²) in [5.74, 6) is 2.29. The highest BCUT2D eigenvalue weighted by Crippen LogP contribution is 1.90. The Morgan fingerprint density at radius 2 is 0.792 bits per heavy atom. The van der Waals surface area contributed by atoms with Gasteiger partial charge in [0, 0.05) is 98.1 Å². The minimum atomic E-state index is 0.711. The summed E-state index contributed by atoms with van der Waals surface area (Å²) in [6, 6.07) is 19.1. The van der Waals surface area contributed by atoms with E-state index in [-0.39, 0.29) is 0 Å². The Hall–Kier alpha value is -10.2. The first-order valence-corrected chi connectivity index (χ1v) is 23.2. The fraction of sp³-hybridized carbons (Fsp3) is 0.204. The topological polar surface area (TPSA) is 296 Å². The van der Waals surface area contributed by atoms with Gasteiger partial charge in [-0.25, -0.2) is 54.8 Å². The highest BCUT2D eigenvalue weighted by molar-refractivity contribution is 5.05. The fourth-order valence-electron chi connectivity index (χ4n) is 4.03. The maximum atomic E-state index is 3.98. The molecule has 0 aliphatic carbocycles. The van der Waals surface area contributed by atoms with Gasteiger partial charge in [0.15, 0.2) is 0 Å². The largest absolute Gasteiger partial charge is 0.264 e. The molecule has 11 rings (SSSR count). The molecule has 0 saturated carbocycles. The van der Waals surface area contributed by atoms with Crippen LogP contribution in [0.25, 0.3) is 0 Å². The van der Waals surface area contributed by atoms with E-state index in [0.717, 1.165) is 51.2 Å². The van der Waals surface area contributed by atoms with Gasteiger partial charge in [-0.2, -0.15) is 30.6 Å². The van der Waals surface area contributed by atoms with Crippen molar-refractivity contribution in [1.29, 1.82) is 0 Å². The zero-order chi connectivity index (χ0) is 56.2. The molecular weight excluding hydrogens is 971 g/mol. The van der Waals surface area contributed by atoms with Crippen LogP contribution in [0.3, 0.4) is 0 Å². The predicted octanol–water partition coefficient (Wildman–Crippen LogP) is 8.03. The van der Waals surface area contributed by atoms with Crippen LogP contribution in [-0.4, -0.2) is 116 Å². The molecule has 0 spiro atoms. The van der Waals surface area contributed by atoms with Gasteiger partial charge in [-0.3, -0.25) is 19.9 Å². The summed E-state index contributed by atoms with van der Waals surface area (Å²) in [5.41, 5.74) is 8.31. The van der Waals surface area contributed by atoms with Crippen molar-refractivity contribution in [2.75, 3.05) is 0 Å². The van der Waals surface area contributed by atoms with Gasteiger partial charge in [0.1, 0.15) is 49.1 Å². The van der Waals surface area contributed by atoms with E-state index in [1.165, 1.54) is 37.2 Å². The van der Waals surface area contributed by atoms with Gasteiger partial charge in [-0.05, 0) is 141 Å². The maximum Gasteiger partial charge on any atom is 0.147 e. The Kier molecular flexibility index (Phi) is 38.4. The van der Waals surface area contributed by atoms with Gasteiger partial charge in [-0.15, -0.1) is 10.2 Å². The van der Waals surface area contributed by atoms with E-state index in [0.29, 0.717) is 5.82 Å². The van der Waals surface area contributed by atoms with E-state index in [4.69, 9.17) is 0 Å². The van der Waals surface area contributed by atoms with Crippen molar-refractivity contribution in [3.05, 3.63) is 260 Å². The maximum absolute atomic E-state index is 3.98. The number of hydrogen-bond donors (Lipinski definition) is 0. The summed E-state index contributed by atoms with van der Waals surface area (Å²) in [7, 11) is 0. The number of pyridine rings is 2. The second kappa shape index (κ2) is 45.7. The Balaban J connectivity index is 0.000000423. The Morgan fingerprint density at radius 3 is 1.08 bits per heavy atom. The van der Waals surface area contributed by atoms with E-state index in [9.17, 15) is 0 Å². The van der Waals surface area contributed by atoms with Crippen molar-refractivity contribution in [1.82, 2.24) is 116 Å². The first-order valence-electron chi connectivity index (χ1n) is 23.2. The SMILES string of the molecule is Cc1ccccn1.Cc1cccnc1.Cc1cccnn1.Cc1ccncn1.Cc1ccnnc1.Cc1cnccn1.Cc1cncnc1.Cc1cncnn1.Cc1ncccn1.Cc1nccnn1.Cc1ncncn1. The molecule has 11 heterocycles. The van der Waals surface area contributed by atoms with Gasteiger partial charge in [-0.1, -0.05) is 12.1 Å². The number of aryl methyl sites for hydroxylation is 11. The van der Waals surface area contributed by atoms with Crippen LogP contribution in [0.1, 0.15) is 62.6 Å². The monoisotopic (exact) mass is 1040 g/mol. The number of rotatable bonds is 0. The van der Waals surface area contributed by atoms with Gasteiger partial charge in [0.2, 0.25) is 0 Å². The third-order valence-corrected chi connectivity index (χ3v) is 7.68. The first-order chi connectivity index (χ1) is 37.3. The standard InChI is InChI=1S/2C6H7N.6C5H6N2.3C4H5N3/c1-6-3-2-4-7-5-6;1-6-4-2-3-5-7-6;1-5-2-6-4-7-3-5;1-5-4-6-2-3-7-5;1-5-2-3-6-4-7-5;1-5-2-3-6-7-4-5;1-5-6-3-2-4-7-5;1-5-3-2-4-6-7-5;1-4-6-2-5-3-7-4;1-4-2-5-3-6-7-4;1-4-5-2-3-6-7-4/h2*2-5H,1H3;6*2-4H,1H3;3*2-3H,1H3. The number of hydrogen-bond acceptors (Lipinski definition) is 23. The highest BCUT2D eigenvalue weighted by atomic mass is 15.1. The normalized spacial score (nSPS) is 8.71. The smallest absolute Gasteiger partial charge is 0.147 e. The molecule has 0 amide bonds. The molecule has 11 aromatic rings. The highest BCUT2D eigenvalue weighted by Gasteiger charge is 1.81. The molecule has 0 bridgehead atoms. The summed E-state index contributed by atoms with van der Waals surface area (Å²) in [4.78, 5) is 57.1. The van der Waals surface area contributed by atoms with Gasteiger partial charge < -0.3 is 0 Å². The molecule has 0 aliphatic heterocycles. The van der Waals surface area contributed by atoms with Crippen LogP contribution in [-0.2, 0) is 0 Å². The quantitative estimate of drug-likeness (QED) is 0.139. The minimum absolute atomic E-state index is 0.711. The second-order valence-electron chi connectivity index (χ2n) is 14.8. The van der Waals surface area contributed by atoms with Crippen LogP contribution in [0.5, 0.6) is 0 Å². The summed E-state index contributed by atoms with van der Waals surface area (Å²) in [5, 5.41) is 29.0. The van der Waals surface area contributed by atoms with Crippen LogP contribution < -0.4 is 0 Å². The predicted molar refractivity (Wildman–Crippen MR) is 292 cm³/mol. The summed E-state index contributed by atoms with van der Waals surface area (Å²) in [6.45, 7) is 21.0. The molecule has 0 radical (unpaired) electrons. The molecule has 23 nitrogen and oxygen atoms in total. The molecule has 77 heavy (non-hydrogen) atoms. The van der Waals surface area contributed by atoms with Crippen LogP contribution in [0.2, 0.25) is 0 Å². The lowest BCUT2D eigenvalue weighted by Gasteiger charge is -1.82. The van der Waals surface area contributed by atoms with Crippen molar-refractivity contribution < 1.29 is 0 Å². The zero-order valence-electron chi connectivity index (χ0n) is 45.3. The van der Waals surface area contributed by atoms with E-state index >= 15 is 0 Å². The Morgan fingerprint density at radius 1 is 0.221 bits per heavy atom. The fourth-order valence-corrected chi connectivity index (χ4v) is 4.03. The van der Waals surface area contributed by atoms with Crippen LogP contribution in [0.4, 0.5) is 0 Å². The van der Waals surface area contributed by atoms with Gasteiger partial charge >= 0.3 is 0 Å². The zero-order valence-corrected chi connectivity index (χ0v) is 45.3. The van der Waals surface area contributed by atoms with Crippen LogP contribution >= 0.6 is 0 Å². The molecule has 0 aromatic carbocycles. The Labute approximate surface area is 450 Å². The molecule has 0 N–H and O–H groups in total. The lowest BCUT2D eigenvalue weighted by atomic mass is 10.3. The lowest BCUT2D eigenvalue weighted by Crippen LogP contribution is -1.85. The third kappa shape index (κ3) is 44.3. The van der Waals surface area contributed by atoms with Crippen molar-refractivity contribution >= 4 is 0 Å². The van der Waals surface area contributed by atoms with E-state index in [2.05, 4.69) is 116 Å². The average molecular weight is 1040 g/mol. The van der Waals surface area contributed by atoms with E-state index in [1.807, 2.05) is 130 Å². The second-order valence-corrected chi connectivity index (χ2v) is 14.8. The lowest BCUT2D eigenvalue weighted by molar-refractivity contribution is 0.907.